The third-order valence-corrected chi connectivity index (χ3v) is 5.59. The Balaban J connectivity index is 1.39. The van der Waals surface area contributed by atoms with E-state index >= 15 is 0 Å². The molecule has 0 saturated carbocycles. The Kier molecular flexibility index (Phi) is 6.87. The van der Waals surface area contributed by atoms with Crippen molar-refractivity contribution < 1.29 is 18.7 Å². The van der Waals surface area contributed by atoms with Crippen molar-refractivity contribution in [2.75, 3.05) is 19.6 Å². The number of nitrogens with zero attached hydrogens (tertiary/aromatic N) is 1. The van der Waals surface area contributed by atoms with E-state index < -0.39 is 0 Å². The fourth-order valence-corrected chi connectivity index (χ4v) is 3.92. The lowest BCUT2D eigenvalue weighted by Crippen LogP contribution is -2.34. The lowest BCUT2D eigenvalue weighted by Gasteiger charge is -2.20. The fraction of sp³-hybridized carbons (Fsp3) is 0.360. The summed E-state index contributed by atoms with van der Waals surface area (Å²) in [5.41, 5.74) is 1.40. The molecule has 6 nitrogen and oxygen atoms in total. The molecule has 6 heteroatoms. The van der Waals surface area contributed by atoms with Crippen molar-refractivity contribution in [1.82, 2.24) is 10.2 Å². The Hall–Kier alpha value is -3.28. The summed E-state index contributed by atoms with van der Waals surface area (Å²) in [5.74, 6) is 0.982. The van der Waals surface area contributed by atoms with E-state index in [0.717, 1.165) is 42.5 Å². The van der Waals surface area contributed by atoms with Crippen LogP contribution in [0.3, 0.4) is 0 Å². The molecule has 2 aromatic carbocycles. The minimum atomic E-state index is -0.259. The standard InChI is InChI=1S/C25H28N2O4/c28-23-14-5-2-8-16-27(23)17-9-15-26-25(29)24-21(18-30-19-10-3-1-4-11-19)20-12-6-7-13-22(20)31-24/h1,3-4,6-7,10-13H,2,5,8-9,14-18H2,(H,26,29). The van der Waals surface area contributed by atoms with Crippen LogP contribution in [-0.4, -0.2) is 36.3 Å². The SMILES string of the molecule is O=C(NCCCN1CCCCCC1=O)c1oc2ccccc2c1COc1ccccc1. The summed E-state index contributed by atoms with van der Waals surface area (Å²) in [7, 11) is 0. The number of fused-ring (bicyclic) bond motifs is 1. The summed E-state index contributed by atoms with van der Waals surface area (Å²) in [5, 5.41) is 3.82. The lowest BCUT2D eigenvalue weighted by molar-refractivity contribution is -0.130. The number of amides is 2. The molecular formula is C25H28N2O4. The zero-order valence-electron chi connectivity index (χ0n) is 17.6. The second-order valence-corrected chi connectivity index (χ2v) is 7.81. The van der Waals surface area contributed by atoms with Gasteiger partial charge in [-0.3, -0.25) is 9.59 Å². The van der Waals surface area contributed by atoms with Crippen molar-refractivity contribution in [1.29, 1.82) is 0 Å². The third-order valence-electron chi connectivity index (χ3n) is 5.59. The zero-order valence-corrected chi connectivity index (χ0v) is 17.6. The van der Waals surface area contributed by atoms with Gasteiger partial charge in [-0.15, -0.1) is 0 Å². The van der Waals surface area contributed by atoms with Crippen LogP contribution < -0.4 is 10.1 Å². The van der Waals surface area contributed by atoms with E-state index in [4.69, 9.17) is 9.15 Å². The summed E-state index contributed by atoms with van der Waals surface area (Å²) in [6, 6.07) is 17.1. The molecule has 1 aliphatic rings. The van der Waals surface area contributed by atoms with Gasteiger partial charge in [-0.1, -0.05) is 42.8 Å². The molecule has 0 radical (unpaired) electrons. The van der Waals surface area contributed by atoms with Gasteiger partial charge in [-0.05, 0) is 37.5 Å². The quantitative estimate of drug-likeness (QED) is 0.543. The first-order valence-electron chi connectivity index (χ1n) is 11.0. The highest BCUT2D eigenvalue weighted by molar-refractivity contribution is 5.99. The highest BCUT2D eigenvalue weighted by atomic mass is 16.5. The Morgan fingerprint density at radius 2 is 1.84 bits per heavy atom. The maximum absolute atomic E-state index is 12.9. The molecule has 1 fully saturated rings. The van der Waals surface area contributed by atoms with Crippen molar-refractivity contribution in [3.63, 3.8) is 0 Å². The minimum absolute atomic E-state index is 0.224. The van der Waals surface area contributed by atoms with Crippen LogP contribution in [0.25, 0.3) is 11.0 Å². The van der Waals surface area contributed by atoms with E-state index in [9.17, 15) is 9.59 Å². The maximum Gasteiger partial charge on any atom is 0.287 e. The van der Waals surface area contributed by atoms with Crippen LogP contribution in [0.4, 0.5) is 0 Å². The number of likely N-dealkylation sites (tertiary alicyclic amines) is 1. The molecule has 1 aliphatic heterocycles. The molecule has 1 saturated heterocycles. The molecule has 0 unspecified atom stereocenters. The van der Waals surface area contributed by atoms with Crippen molar-refractivity contribution in [2.45, 2.75) is 38.7 Å². The van der Waals surface area contributed by atoms with Crippen molar-refractivity contribution in [2.24, 2.45) is 0 Å². The smallest absolute Gasteiger partial charge is 0.287 e. The van der Waals surface area contributed by atoms with Gasteiger partial charge in [0.25, 0.3) is 5.91 Å². The average Bonchev–Trinajstić information content (AvgIpc) is 3.05. The van der Waals surface area contributed by atoms with E-state index in [1.807, 2.05) is 59.5 Å². The van der Waals surface area contributed by atoms with Crippen LogP contribution >= 0.6 is 0 Å². The van der Waals surface area contributed by atoms with E-state index in [1.54, 1.807) is 0 Å². The van der Waals surface area contributed by atoms with Crippen molar-refractivity contribution in [3.05, 3.63) is 65.9 Å². The summed E-state index contributed by atoms with van der Waals surface area (Å²) >= 11 is 0. The molecule has 1 aromatic heterocycles. The number of hydrogen-bond acceptors (Lipinski definition) is 4. The Morgan fingerprint density at radius 1 is 1.03 bits per heavy atom. The van der Waals surface area contributed by atoms with Crippen LogP contribution in [-0.2, 0) is 11.4 Å². The van der Waals surface area contributed by atoms with Gasteiger partial charge < -0.3 is 19.4 Å². The van der Waals surface area contributed by atoms with Crippen LogP contribution in [0.15, 0.2) is 59.0 Å². The molecule has 2 amide bonds. The number of rotatable bonds is 8. The Labute approximate surface area is 182 Å². The van der Waals surface area contributed by atoms with Gasteiger partial charge in [0, 0.05) is 37.0 Å². The second kappa shape index (κ2) is 10.2. The summed E-state index contributed by atoms with van der Waals surface area (Å²) in [6.45, 7) is 2.21. The number of hydrogen-bond donors (Lipinski definition) is 1. The maximum atomic E-state index is 12.9. The summed E-state index contributed by atoms with van der Waals surface area (Å²) in [4.78, 5) is 26.9. The molecule has 1 N–H and O–H groups in total. The fourth-order valence-electron chi connectivity index (χ4n) is 3.92. The number of carbonyl (C=O) groups excluding carboxylic acids is 2. The predicted octanol–water partition coefficient (Wildman–Crippen LogP) is 4.53. The van der Waals surface area contributed by atoms with Gasteiger partial charge in [0.2, 0.25) is 5.91 Å². The number of benzene rings is 2. The molecule has 4 rings (SSSR count). The summed E-state index contributed by atoms with van der Waals surface area (Å²) in [6.07, 6.45) is 4.50. The van der Waals surface area contributed by atoms with Gasteiger partial charge in [-0.25, -0.2) is 0 Å². The van der Waals surface area contributed by atoms with E-state index in [2.05, 4.69) is 5.32 Å². The first-order valence-corrected chi connectivity index (χ1v) is 11.0. The van der Waals surface area contributed by atoms with Crippen LogP contribution in [0.5, 0.6) is 5.75 Å². The van der Waals surface area contributed by atoms with Crippen LogP contribution in [0, 0.1) is 0 Å². The first kappa shape index (κ1) is 21.0. The molecule has 3 aromatic rings. The molecule has 0 aliphatic carbocycles. The van der Waals surface area contributed by atoms with Gasteiger partial charge in [0.05, 0.1) is 0 Å². The molecule has 2 heterocycles. The zero-order chi connectivity index (χ0) is 21.5. The highest BCUT2D eigenvalue weighted by Gasteiger charge is 2.21. The first-order chi connectivity index (χ1) is 15.2. The van der Waals surface area contributed by atoms with Crippen molar-refractivity contribution in [3.8, 4) is 5.75 Å². The van der Waals surface area contributed by atoms with E-state index in [-0.39, 0.29) is 24.2 Å². The average molecular weight is 421 g/mol. The number of nitrogens with one attached hydrogen (secondary N) is 1. The van der Waals surface area contributed by atoms with E-state index in [0.29, 0.717) is 31.5 Å². The number of ether oxygens (including phenoxy) is 1. The lowest BCUT2D eigenvalue weighted by atomic mass is 10.1. The predicted molar refractivity (Wildman–Crippen MR) is 119 cm³/mol. The topological polar surface area (TPSA) is 71.8 Å². The number of carbonyl (C=O) groups is 2. The monoisotopic (exact) mass is 420 g/mol. The molecule has 0 bridgehead atoms. The van der Waals surface area contributed by atoms with Crippen LogP contribution in [0.1, 0.15) is 48.2 Å². The van der Waals surface area contributed by atoms with Crippen molar-refractivity contribution >= 4 is 22.8 Å². The minimum Gasteiger partial charge on any atom is -0.489 e. The van der Waals surface area contributed by atoms with Gasteiger partial charge in [0.15, 0.2) is 5.76 Å². The van der Waals surface area contributed by atoms with Gasteiger partial charge >= 0.3 is 0 Å². The summed E-state index contributed by atoms with van der Waals surface area (Å²) < 4.78 is 11.8. The number of para-hydroxylation sites is 2. The third kappa shape index (κ3) is 5.26. The molecule has 0 atom stereocenters. The molecule has 0 spiro atoms. The largest absolute Gasteiger partial charge is 0.489 e. The molecule has 162 valence electrons. The Morgan fingerprint density at radius 3 is 2.71 bits per heavy atom. The van der Waals surface area contributed by atoms with Crippen LogP contribution in [0.2, 0.25) is 0 Å². The molecule has 31 heavy (non-hydrogen) atoms. The normalized spacial score (nSPS) is 14.5. The van der Waals surface area contributed by atoms with E-state index in [1.165, 1.54) is 0 Å². The molecular weight excluding hydrogens is 392 g/mol. The highest BCUT2D eigenvalue weighted by Crippen LogP contribution is 2.27. The number of furan rings is 1. The second-order valence-electron chi connectivity index (χ2n) is 7.81. The Bertz CT molecular complexity index is 1030. The van der Waals surface area contributed by atoms with Gasteiger partial charge in [-0.2, -0.15) is 0 Å². The van der Waals surface area contributed by atoms with Gasteiger partial charge in [0.1, 0.15) is 17.9 Å².